The number of piperazine rings is 1. The molecule has 2 aromatic rings. The number of hydrogen-bond donors (Lipinski definition) is 0. The highest BCUT2D eigenvalue weighted by Crippen LogP contribution is 2.17. The van der Waals surface area contributed by atoms with Crippen LogP contribution in [-0.2, 0) is 15.8 Å². The monoisotopic (exact) mass is 387 g/mol. The first-order valence-corrected chi connectivity index (χ1v) is 10.6. The van der Waals surface area contributed by atoms with Crippen LogP contribution in [0.2, 0.25) is 0 Å². The van der Waals surface area contributed by atoms with E-state index in [1.54, 1.807) is 4.90 Å². The van der Waals surface area contributed by atoms with E-state index in [0.29, 0.717) is 31.7 Å². The summed E-state index contributed by atoms with van der Waals surface area (Å²) in [7, 11) is 0.525. The van der Waals surface area contributed by atoms with E-state index in [-0.39, 0.29) is 11.7 Å². The zero-order valence-corrected chi connectivity index (χ0v) is 16.5. The van der Waals surface area contributed by atoms with E-state index in [1.165, 1.54) is 4.31 Å². The summed E-state index contributed by atoms with van der Waals surface area (Å²) in [5, 5.41) is 0. The molecule has 2 aromatic carbocycles. The van der Waals surface area contributed by atoms with Gasteiger partial charge in [-0.05, 0) is 29.8 Å². The Hall–Kier alpha value is -2.38. The fourth-order valence-electron chi connectivity index (χ4n) is 3.13. The second kappa shape index (κ2) is 8.10. The van der Waals surface area contributed by atoms with E-state index in [0.717, 1.165) is 11.3 Å². The molecule has 1 amide bonds. The lowest BCUT2D eigenvalue weighted by atomic mass is 10.1. The first-order chi connectivity index (χ1) is 12.9. The molecule has 1 fully saturated rings. The van der Waals surface area contributed by atoms with E-state index in [2.05, 4.69) is 0 Å². The Bertz CT molecular complexity index is 872. The zero-order chi connectivity index (χ0) is 19.4. The third-order valence-corrected chi connectivity index (χ3v) is 6.59. The van der Waals surface area contributed by atoms with Crippen LogP contribution in [0.15, 0.2) is 54.6 Å². The summed E-state index contributed by atoms with van der Waals surface area (Å²) in [5.74, 6) is -0.0613. The number of sulfonamides is 1. The van der Waals surface area contributed by atoms with Crippen LogP contribution in [0, 0.1) is 0 Å². The Labute approximate surface area is 161 Å². The number of hydrogen-bond acceptors (Lipinski definition) is 4. The number of anilines is 1. The number of benzene rings is 2. The highest BCUT2D eigenvalue weighted by molar-refractivity contribution is 7.88. The van der Waals surface area contributed by atoms with Gasteiger partial charge >= 0.3 is 0 Å². The van der Waals surface area contributed by atoms with Gasteiger partial charge in [-0.2, -0.15) is 4.31 Å². The summed E-state index contributed by atoms with van der Waals surface area (Å²) in [6.45, 7) is 1.47. The largest absolute Gasteiger partial charge is 0.378 e. The summed E-state index contributed by atoms with van der Waals surface area (Å²) >= 11 is 0. The summed E-state index contributed by atoms with van der Waals surface area (Å²) in [6.07, 6.45) is 0. The van der Waals surface area contributed by atoms with Crippen molar-refractivity contribution in [2.24, 2.45) is 0 Å². The van der Waals surface area contributed by atoms with Crippen LogP contribution >= 0.6 is 0 Å². The van der Waals surface area contributed by atoms with Crippen molar-refractivity contribution in [2.75, 3.05) is 45.2 Å². The first-order valence-electron chi connectivity index (χ1n) is 8.95. The van der Waals surface area contributed by atoms with Crippen molar-refractivity contribution in [1.29, 1.82) is 0 Å². The molecule has 1 aliphatic rings. The maximum Gasteiger partial charge on any atom is 0.253 e. The van der Waals surface area contributed by atoms with Gasteiger partial charge in [-0.25, -0.2) is 8.42 Å². The van der Waals surface area contributed by atoms with E-state index < -0.39 is 10.0 Å². The third-order valence-electron chi connectivity index (χ3n) is 4.74. The number of amides is 1. The molecule has 0 unspecified atom stereocenters. The van der Waals surface area contributed by atoms with Crippen molar-refractivity contribution in [3.8, 4) is 0 Å². The molecule has 7 heteroatoms. The van der Waals surface area contributed by atoms with Gasteiger partial charge in [0.15, 0.2) is 0 Å². The molecule has 0 N–H and O–H groups in total. The van der Waals surface area contributed by atoms with Gasteiger partial charge < -0.3 is 9.80 Å². The van der Waals surface area contributed by atoms with Crippen LogP contribution < -0.4 is 4.90 Å². The molecule has 0 radical (unpaired) electrons. The average Bonchev–Trinajstić information content (AvgIpc) is 2.68. The Morgan fingerprint density at radius 1 is 0.926 bits per heavy atom. The number of nitrogens with zero attached hydrogens (tertiary/aromatic N) is 3. The van der Waals surface area contributed by atoms with Crippen LogP contribution in [0.25, 0.3) is 0 Å². The molecule has 0 bridgehead atoms. The van der Waals surface area contributed by atoms with Crippen LogP contribution in [0.3, 0.4) is 0 Å². The highest BCUT2D eigenvalue weighted by Gasteiger charge is 2.29. The van der Waals surface area contributed by atoms with E-state index in [9.17, 15) is 13.2 Å². The highest BCUT2D eigenvalue weighted by atomic mass is 32.2. The normalized spacial score (nSPS) is 15.6. The molecule has 0 atom stereocenters. The lowest BCUT2D eigenvalue weighted by molar-refractivity contribution is 0.0698. The molecule has 144 valence electrons. The van der Waals surface area contributed by atoms with Crippen LogP contribution in [0.1, 0.15) is 15.9 Å². The lowest BCUT2D eigenvalue weighted by Crippen LogP contribution is -2.50. The molecular weight excluding hydrogens is 362 g/mol. The van der Waals surface area contributed by atoms with Gasteiger partial charge in [-0.1, -0.05) is 30.3 Å². The third kappa shape index (κ3) is 4.67. The Morgan fingerprint density at radius 2 is 1.52 bits per heavy atom. The molecule has 1 saturated heterocycles. The molecule has 27 heavy (non-hydrogen) atoms. The number of carbonyl (C=O) groups is 1. The van der Waals surface area contributed by atoms with E-state index in [4.69, 9.17) is 0 Å². The molecule has 3 rings (SSSR count). The minimum atomic E-state index is -3.38. The molecule has 6 nitrogen and oxygen atoms in total. The molecular formula is C20H25N3O3S. The lowest BCUT2D eigenvalue weighted by Gasteiger charge is -2.34. The van der Waals surface area contributed by atoms with Gasteiger partial charge in [0.05, 0.1) is 5.75 Å². The predicted octanol–water partition coefficient (Wildman–Crippen LogP) is 2.04. The summed E-state index contributed by atoms with van der Waals surface area (Å²) in [5.41, 5.74) is 2.43. The zero-order valence-electron chi connectivity index (χ0n) is 15.7. The van der Waals surface area contributed by atoms with Crippen LogP contribution in [-0.4, -0.2) is 63.8 Å². The van der Waals surface area contributed by atoms with Crippen molar-refractivity contribution >= 4 is 21.6 Å². The van der Waals surface area contributed by atoms with Gasteiger partial charge in [0.25, 0.3) is 5.91 Å². The van der Waals surface area contributed by atoms with Crippen molar-refractivity contribution < 1.29 is 13.2 Å². The van der Waals surface area contributed by atoms with Crippen molar-refractivity contribution in [3.05, 3.63) is 65.7 Å². The van der Waals surface area contributed by atoms with Gasteiger partial charge in [-0.3, -0.25) is 4.79 Å². The van der Waals surface area contributed by atoms with Crippen molar-refractivity contribution in [1.82, 2.24) is 9.21 Å². The van der Waals surface area contributed by atoms with Crippen molar-refractivity contribution in [2.45, 2.75) is 5.75 Å². The maximum atomic E-state index is 12.7. The predicted molar refractivity (Wildman–Crippen MR) is 107 cm³/mol. The Kier molecular flexibility index (Phi) is 5.82. The molecule has 0 spiro atoms. The SMILES string of the molecule is CN(C)c1ccc(C(=O)N2CCN(S(=O)(=O)Cc3ccccc3)CC2)cc1. The Balaban J connectivity index is 1.60. The first kappa shape index (κ1) is 19.4. The van der Waals surface area contributed by atoms with Crippen molar-refractivity contribution in [3.63, 3.8) is 0 Å². The Morgan fingerprint density at radius 3 is 2.07 bits per heavy atom. The maximum absolute atomic E-state index is 12.7. The smallest absolute Gasteiger partial charge is 0.253 e. The van der Waals surface area contributed by atoms with E-state index in [1.807, 2.05) is 73.6 Å². The fourth-order valence-corrected chi connectivity index (χ4v) is 4.65. The van der Waals surface area contributed by atoms with Crippen LogP contribution in [0.5, 0.6) is 0 Å². The van der Waals surface area contributed by atoms with Gasteiger partial charge in [0.1, 0.15) is 0 Å². The second-order valence-electron chi connectivity index (χ2n) is 6.87. The van der Waals surface area contributed by atoms with Gasteiger partial charge in [-0.15, -0.1) is 0 Å². The molecule has 1 aliphatic heterocycles. The molecule has 0 aliphatic carbocycles. The minimum Gasteiger partial charge on any atom is -0.378 e. The minimum absolute atomic E-state index is 0.00617. The average molecular weight is 388 g/mol. The standard InChI is InChI=1S/C20H25N3O3S/c1-21(2)19-10-8-18(9-11-19)20(24)22-12-14-23(15-13-22)27(25,26)16-17-6-4-3-5-7-17/h3-11H,12-16H2,1-2H3. The topological polar surface area (TPSA) is 60.9 Å². The quantitative estimate of drug-likeness (QED) is 0.788. The summed E-state index contributed by atoms with van der Waals surface area (Å²) < 4.78 is 26.7. The van der Waals surface area contributed by atoms with E-state index >= 15 is 0 Å². The number of rotatable bonds is 5. The summed E-state index contributed by atoms with van der Waals surface area (Å²) in [6, 6.07) is 16.6. The molecule has 0 aromatic heterocycles. The second-order valence-corrected chi connectivity index (χ2v) is 8.84. The summed E-state index contributed by atoms with van der Waals surface area (Å²) in [4.78, 5) is 16.4. The number of carbonyl (C=O) groups excluding carboxylic acids is 1. The van der Waals surface area contributed by atoms with Gasteiger partial charge in [0.2, 0.25) is 10.0 Å². The molecule has 1 heterocycles. The van der Waals surface area contributed by atoms with Crippen LogP contribution in [0.4, 0.5) is 5.69 Å². The fraction of sp³-hybridized carbons (Fsp3) is 0.350. The molecule has 0 saturated carbocycles. The van der Waals surface area contributed by atoms with Gasteiger partial charge in [0, 0.05) is 51.5 Å².